The van der Waals surface area contributed by atoms with Gasteiger partial charge in [0.25, 0.3) is 5.91 Å². The molecular weight excluding hydrogens is 349 g/mol. The first-order chi connectivity index (χ1) is 10.5. The van der Waals surface area contributed by atoms with Crippen LogP contribution in [0.4, 0.5) is 5.13 Å². The van der Waals surface area contributed by atoms with Crippen molar-refractivity contribution in [3.8, 4) is 11.5 Å². The lowest BCUT2D eigenvalue weighted by Gasteiger charge is -2.08. The molecule has 2 rings (SSSR count). The molecule has 118 valence electrons. The van der Waals surface area contributed by atoms with Crippen molar-refractivity contribution in [3.05, 3.63) is 28.8 Å². The maximum atomic E-state index is 11.4. The molecule has 22 heavy (non-hydrogen) atoms. The van der Waals surface area contributed by atoms with Gasteiger partial charge < -0.3 is 9.47 Å². The first-order valence-electron chi connectivity index (χ1n) is 6.15. The fourth-order valence-corrected chi connectivity index (χ4v) is 2.59. The molecule has 0 atom stereocenters. The summed E-state index contributed by atoms with van der Waals surface area (Å²) in [4.78, 5) is 10.2. The minimum absolute atomic E-state index is 0.353. The van der Waals surface area contributed by atoms with E-state index in [1.165, 1.54) is 11.3 Å². The number of hydrogen-bond acceptors (Lipinski definition) is 6. The Morgan fingerprint density at radius 1 is 1.27 bits per heavy atom. The van der Waals surface area contributed by atoms with Crippen molar-refractivity contribution in [3.63, 3.8) is 0 Å². The van der Waals surface area contributed by atoms with Crippen molar-refractivity contribution in [2.24, 2.45) is 0 Å². The first kappa shape index (κ1) is 16.8. The summed E-state index contributed by atoms with van der Waals surface area (Å²) in [6, 6.07) is 5.60. The Morgan fingerprint density at radius 2 is 2.00 bits per heavy atom. The number of rotatable bonds is 6. The van der Waals surface area contributed by atoms with Crippen molar-refractivity contribution in [2.75, 3.05) is 19.5 Å². The van der Waals surface area contributed by atoms with Gasteiger partial charge in [0.2, 0.25) is 5.13 Å². The van der Waals surface area contributed by atoms with Crippen LogP contribution in [0.1, 0.15) is 10.6 Å². The molecule has 1 amide bonds. The van der Waals surface area contributed by atoms with E-state index in [1.54, 1.807) is 14.2 Å². The second-order valence-corrected chi connectivity index (χ2v) is 6.32. The summed E-state index contributed by atoms with van der Waals surface area (Å²) < 4.78 is 10.4. The van der Waals surface area contributed by atoms with Crippen LogP contribution >= 0.6 is 34.5 Å². The largest absolute Gasteiger partial charge is 0.493 e. The molecule has 0 aliphatic heterocycles. The number of hydrogen-bond donors (Lipinski definition) is 1. The minimum Gasteiger partial charge on any atom is -0.493 e. The van der Waals surface area contributed by atoms with Crippen LogP contribution in [0.2, 0.25) is 0 Å². The highest BCUT2D eigenvalue weighted by Gasteiger charge is 2.14. The Kier molecular flexibility index (Phi) is 5.82. The van der Waals surface area contributed by atoms with Gasteiger partial charge in [-0.15, -0.1) is 10.2 Å². The third-order valence-corrected chi connectivity index (χ3v) is 3.93. The van der Waals surface area contributed by atoms with Crippen LogP contribution in [-0.4, -0.2) is 35.2 Å². The lowest BCUT2D eigenvalue weighted by atomic mass is 10.1. The second-order valence-electron chi connectivity index (χ2n) is 4.16. The van der Waals surface area contributed by atoms with Gasteiger partial charge in [-0.25, -0.2) is 0 Å². The highest BCUT2D eigenvalue weighted by Crippen LogP contribution is 2.29. The number of carbonyl (C=O) groups is 1. The van der Waals surface area contributed by atoms with Crippen LogP contribution in [0.5, 0.6) is 11.5 Å². The number of methoxy groups -OCH3 is 2. The molecule has 0 bridgehead atoms. The minimum atomic E-state index is -1.14. The molecule has 0 unspecified atom stereocenters. The summed E-state index contributed by atoms with van der Waals surface area (Å²) >= 11 is 12.2. The van der Waals surface area contributed by atoms with E-state index in [-0.39, 0.29) is 0 Å². The van der Waals surface area contributed by atoms with Gasteiger partial charge in [-0.3, -0.25) is 10.1 Å². The van der Waals surface area contributed by atoms with E-state index in [0.717, 1.165) is 10.6 Å². The van der Waals surface area contributed by atoms with E-state index in [0.29, 0.717) is 23.1 Å². The Balaban J connectivity index is 2.08. The summed E-state index contributed by atoms with van der Waals surface area (Å²) in [6.07, 6.45) is 0.555. The van der Waals surface area contributed by atoms with Gasteiger partial charge in [0.05, 0.1) is 14.2 Å². The lowest BCUT2D eigenvalue weighted by molar-refractivity contribution is -0.114. The standard InChI is InChI=1S/C13H13Cl2N3O3S/c1-20-8-4-3-7(5-9(8)21-2)6-10-17-18-13(22-10)16-12(19)11(14)15/h3-5,11H,6H2,1-2H3,(H,16,18,19). The Labute approximate surface area is 141 Å². The zero-order chi connectivity index (χ0) is 16.1. The predicted octanol–water partition coefficient (Wildman–Crippen LogP) is 2.89. The molecule has 1 N–H and O–H groups in total. The summed E-state index contributed by atoms with van der Waals surface area (Å²) in [7, 11) is 3.16. The molecule has 6 nitrogen and oxygen atoms in total. The molecule has 1 aromatic heterocycles. The van der Waals surface area contributed by atoms with E-state index in [9.17, 15) is 4.79 Å². The zero-order valence-electron chi connectivity index (χ0n) is 11.8. The van der Waals surface area contributed by atoms with Crippen molar-refractivity contribution in [1.82, 2.24) is 10.2 Å². The summed E-state index contributed by atoms with van der Waals surface area (Å²) in [5, 5.41) is 11.5. The molecule has 0 aliphatic carbocycles. The molecular formula is C13H13Cl2N3O3S. The van der Waals surface area contributed by atoms with Crippen LogP contribution in [0, 0.1) is 0 Å². The number of nitrogens with zero attached hydrogens (tertiary/aromatic N) is 2. The quantitative estimate of drug-likeness (QED) is 0.800. The van der Waals surface area contributed by atoms with Gasteiger partial charge in [0.1, 0.15) is 5.01 Å². The SMILES string of the molecule is COc1ccc(Cc2nnc(NC(=O)C(Cl)Cl)s2)cc1OC. The normalized spacial score (nSPS) is 10.6. The fourth-order valence-electron chi connectivity index (χ4n) is 1.70. The molecule has 0 spiro atoms. The van der Waals surface area contributed by atoms with Crippen LogP contribution < -0.4 is 14.8 Å². The monoisotopic (exact) mass is 361 g/mol. The van der Waals surface area contributed by atoms with Gasteiger partial charge in [-0.2, -0.15) is 0 Å². The molecule has 0 saturated carbocycles. The van der Waals surface area contributed by atoms with E-state index >= 15 is 0 Å². The van der Waals surface area contributed by atoms with E-state index in [1.807, 2.05) is 18.2 Å². The third-order valence-electron chi connectivity index (χ3n) is 2.70. The first-order valence-corrected chi connectivity index (χ1v) is 7.84. The Morgan fingerprint density at radius 3 is 2.64 bits per heavy atom. The number of carbonyl (C=O) groups excluding carboxylic acids is 1. The van der Waals surface area contributed by atoms with Crippen molar-refractivity contribution >= 4 is 45.6 Å². The van der Waals surface area contributed by atoms with E-state index < -0.39 is 10.7 Å². The van der Waals surface area contributed by atoms with Crippen LogP contribution in [0.25, 0.3) is 0 Å². The number of amides is 1. The summed E-state index contributed by atoms with van der Waals surface area (Å²) in [6.45, 7) is 0. The third kappa shape index (κ3) is 4.22. The molecule has 0 radical (unpaired) electrons. The number of alkyl halides is 2. The number of ether oxygens (including phenoxy) is 2. The summed E-state index contributed by atoms with van der Waals surface area (Å²) in [5.74, 6) is 0.772. The highest BCUT2D eigenvalue weighted by molar-refractivity contribution is 7.15. The number of nitrogens with one attached hydrogen (secondary N) is 1. The molecule has 9 heteroatoms. The van der Waals surface area contributed by atoms with Gasteiger partial charge in [0, 0.05) is 6.42 Å². The maximum absolute atomic E-state index is 11.4. The molecule has 1 heterocycles. The summed E-state index contributed by atoms with van der Waals surface area (Å²) in [5.41, 5.74) is 0.985. The smallest absolute Gasteiger partial charge is 0.259 e. The van der Waals surface area contributed by atoms with Gasteiger partial charge >= 0.3 is 0 Å². The molecule has 0 fully saturated rings. The van der Waals surface area contributed by atoms with Crippen molar-refractivity contribution < 1.29 is 14.3 Å². The number of halogens is 2. The van der Waals surface area contributed by atoms with E-state index in [4.69, 9.17) is 32.7 Å². The van der Waals surface area contributed by atoms with Crippen LogP contribution in [0.15, 0.2) is 18.2 Å². The fraction of sp³-hybridized carbons (Fsp3) is 0.308. The topological polar surface area (TPSA) is 73.3 Å². The van der Waals surface area contributed by atoms with Gasteiger partial charge in [-0.05, 0) is 17.7 Å². The van der Waals surface area contributed by atoms with Crippen molar-refractivity contribution in [1.29, 1.82) is 0 Å². The average Bonchev–Trinajstić information content (AvgIpc) is 2.94. The molecule has 0 aliphatic rings. The van der Waals surface area contributed by atoms with Gasteiger partial charge in [-0.1, -0.05) is 40.6 Å². The van der Waals surface area contributed by atoms with Crippen LogP contribution in [-0.2, 0) is 11.2 Å². The maximum Gasteiger partial charge on any atom is 0.259 e. The van der Waals surface area contributed by atoms with Crippen molar-refractivity contribution in [2.45, 2.75) is 11.3 Å². The van der Waals surface area contributed by atoms with E-state index in [2.05, 4.69) is 15.5 Å². The van der Waals surface area contributed by atoms with Gasteiger partial charge in [0.15, 0.2) is 16.3 Å². The highest BCUT2D eigenvalue weighted by atomic mass is 35.5. The number of aromatic nitrogens is 2. The Hall–Kier alpha value is -1.57. The van der Waals surface area contributed by atoms with Crippen LogP contribution in [0.3, 0.4) is 0 Å². The number of benzene rings is 1. The molecule has 0 saturated heterocycles. The average molecular weight is 362 g/mol. The molecule has 2 aromatic rings. The Bertz CT molecular complexity index is 664. The zero-order valence-corrected chi connectivity index (χ0v) is 14.1. The predicted molar refractivity (Wildman–Crippen MR) is 86.4 cm³/mol. The molecule has 1 aromatic carbocycles. The lowest BCUT2D eigenvalue weighted by Crippen LogP contribution is -2.18. The second kappa shape index (κ2) is 7.62. The number of anilines is 1.